The Morgan fingerprint density at radius 1 is 1.19 bits per heavy atom. The number of halogens is 1. The van der Waals surface area contributed by atoms with Gasteiger partial charge in [-0.25, -0.2) is 0 Å². The van der Waals surface area contributed by atoms with Crippen LogP contribution >= 0.6 is 24.0 Å². The van der Waals surface area contributed by atoms with Gasteiger partial charge in [-0.1, -0.05) is 33.1 Å². The first-order valence-electron chi connectivity index (χ1n) is 8.35. The van der Waals surface area contributed by atoms with Crippen LogP contribution in [0.25, 0.3) is 0 Å². The van der Waals surface area contributed by atoms with Crippen LogP contribution in [-0.2, 0) is 4.74 Å². The second-order valence-corrected chi connectivity index (χ2v) is 6.69. The van der Waals surface area contributed by atoms with Crippen LogP contribution in [-0.4, -0.2) is 31.3 Å². The van der Waals surface area contributed by atoms with E-state index in [9.17, 15) is 0 Å². The number of nitrogens with zero attached hydrogens (tertiary/aromatic N) is 1. The molecule has 0 spiro atoms. The second-order valence-electron chi connectivity index (χ2n) is 6.69. The Balaban J connectivity index is 0.00000220. The summed E-state index contributed by atoms with van der Waals surface area (Å²) in [6.07, 6.45) is 9.17. The molecule has 2 aliphatic rings. The molecule has 3 N–H and O–H groups in total. The number of aliphatic imine (C=N–C) groups is 1. The molecule has 0 aromatic carbocycles. The van der Waals surface area contributed by atoms with Crippen molar-refractivity contribution in [1.82, 2.24) is 5.32 Å². The van der Waals surface area contributed by atoms with Crippen molar-refractivity contribution in [2.75, 3.05) is 13.2 Å². The molecule has 1 saturated heterocycles. The third-order valence-corrected chi connectivity index (χ3v) is 4.60. The Labute approximate surface area is 146 Å². The molecule has 21 heavy (non-hydrogen) atoms. The van der Waals surface area contributed by atoms with E-state index < -0.39 is 0 Å². The number of ether oxygens (including phenoxy) is 1. The van der Waals surface area contributed by atoms with E-state index in [4.69, 9.17) is 10.5 Å². The smallest absolute Gasteiger partial charge is 0.188 e. The van der Waals surface area contributed by atoms with E-state index in [-0.39, 0.29) is 24.0 Å². The topological polar surface area (TPSA) is 59.6 Å². The summed E-state index contributed by atoms with van der Waals surface area (Å²) in [4.78, 5) is 4.58. The lowest BCUT2D eigenvalue weighted by Gasteiger charge is -2.33. The van der Waals surface area contributed by atoms with Crippen LogP contribution in [0.15, 0.2) is 4.99 Å². The van der Waals surface area contributed by atoms with E-state index in [1.54, 1.807) is 0 Å². The minimum Gasteiger partial charge on any atom is -0.378 e. The number of nitrogens with one attached hydrogen (secondary N) is 1. The average Bonchev–Trinajstić information content (AvgIpc) is 2.46. The highest BCUT2D eigenvalue weighted by atomic mass is 127. The van der Waals surface area contributed by atoms with Gasteiger partial charge in [-0.05, 0) is 31.6 Å². The zero-order chi connectivity index (χ0) is 14.4. The van der Waals surface area contributed by atoms with E-state index >= 15 is 0 Å². The van der Waals surface area contributed by atoms with Gasteiger partial charge < -0.3 is 15.8 Å². The molecule has 2 atom stereocenters. The highest BCUT2D eigenvalue weighted by Crippen LogP contribution is 2.26. The van der Waals surface area contributed by atoms with Crippen molar-refractivity contribution >= 4 is 29.9 Å². The quantitative estimate of drug-likeness (QED) is 0.426. The molecule has 5 heteroatoms. The van der Waals surface area contributed by atoms with E-state index in [0.717, 1.165) is 19.6 Å². The molecule has 124 valence electrons. The van der Waals surface area contributed by atoms with Gasteiger partial charge >= 0.3 is 0 Å². The fourth-order valence-electron chi connectivity index (χ4n) is 3.51. The van der Waals surface area contributed by atoms with Crippen LogP contribution in [0.5, 0.6) is 0 Å². The van der Waals surface area contributed by atoms with Crippen LogP contribution in [0.3, 0.4) is 0 Å². The van der Waals surface area contributed by atoms with Crippen LogP contribution in [0, 0.1) is 11.8 Å². The minimum atomic E-state index is 0. The summed E-state index contributed by atoms with van der Waals surface area (Å²) in [5, 5.41) is 3.39. The van der Waals surface area contributed by atoms with Gasteiger partial charge in [0.1, 0.15) is 0 Å². The van der Waals surface area contributed by atoms with E-state index in [0.29, 0.717) is 29.9 Å². The molecule has 1 aliphatic carbocycles. The predicted octanol–water partition coefficient (Wildman–Crippen LogP) is 3.29. The molecule has 1 heterocycles. The number of rotatable bonds is 4. The number of hydrogen-bond acceptors (Lipinski definition) is 2. The van der Waals surface area contributed by atoms with Gasteiger partial charge in [-0.3, -0.25) is 4.99 Å². The number of guanidine groups is 1. The van der Waals surface area contributed by atoms with Crippen molar-refractivity contribution in [2.45, 2.75) is 70.9 Å². The molecule has 0 radical (unpaired) electrons. The van der Waals surface area contributed by atoms with Gasteiger partial charge in [0.25, 0.3) is 0 Å². The molecule has 0 bridgehead atoms. The van der Waals surface area contributed by atoms with Crippen LogP contribution in [0.4, 0.5) is 0 Å². The highest BCUT2D eigenvalue weighted by Gasteiger charge is 2.28. The number of nitrogens with two attached hydrogens (primary N) is 1. The SMILES string of the molecule is CC(C)C1OCCCC1CN=C(N)NC1CCCCC1.I. The van der Waals surface area contributed by atoms with Gasteiger partial charge in [0.2, 0.25) is 0 Å². The molecule has 2 fully saturated rings. The fraction of sp³-hybridized carbons (Fsp3) is 0.938. The maximum atomic E-state index is 6.04. The molecule has 2 rings (SSSR count). The van der Waals surface area contributed by atoms with Gasteiger partial charge in [0.05, 0.1) is 6.10 Å². The molecule has 1 aliphatic heterocycles. The zero-order valence-corrected chi connectivity index (χ0v) is 15.8. The maximum Gasteiger partial charge on any atom is 0.188 e. The molecule has 2 unspecified atom stereocenters. The highest BCUT2D eigenvalue weighted by molar-refractivity contribution is 14.0. The Morgan fingerprint density at radius 2 is 1.90 bits per heavy atom. The van der Waals surface area contributed by atoms with Crippen LogP contribution < -0.4 is 11.1 Å². The van der Waals surface area contributed by atoms with Crippen molar-refractivity contribution < 1.29 is 4.74 Å². The molecule has 4 nitrogen and oxygen atoms in total. The van der Waals surface area contributed by atoms with Crippen LogP contribution in [0.1, 0.15) is 58.8 Å². The van der Waals surface area contributed by atoms with Crippen LogP contribution in [0.2, 0.25) is 0 Å². The molecular formula is C16H32IN3O. The first-order chi connectivity index (χ1) is 9.66. The van der Waals surface area contributed by atoms with E-state index in [1.807, 2.05) is 0 Å². The monoisotopic (exact) mass is 409 g/mol. The summed E-state index contributed by atoms with van der Waals surface area (Å²) in [6.45, 7) is 6.17. The Kier molecular flexibility index (Phi) is 8.94. The van der Waals surface area contributed by atoms with Crippen molar-refractivity contribution in [3.05, 3.63) is 0 Å². The Hall–Kier alpha value is -0.0400. The minimum absolute atomic E-state index is 0. The van der Waals surface area contributed by atoms with Crippen molar-refractivity contribution in [1.29, 1.82) is 0 Å². The van der Waals surface area contributed by atoms with Gasteiger partial charge in [-0.2, -0.15) is 0 Å². The molecule has 0 amide bonds. The summed E-state index contributed by atoms with van der Waals surface area (Å²) in [7, 11) is 0. The predicted molar refractivity (Wildman–Crippen MR) is 99.2 cm³/mol. The Morgan fingerprint density at radius 3 is 2.57 bits per heavy atom. The molecule has 1 saturated carbocycles. The third-order valence-electron chi connectivity index (χ3n) is 4.60. The second kappa shape index (κ2) is 9.87. The third kappa shape index (κ3) is 6.30. The summed E-state index contributed by atoms with van der Waals surface area (Å²) in [5.74, 6) is 1.71. The van der Waals surface area contributed by atoms with E-state index in [1.165, 1.54) is 38.5 Å². The van der Waals surface area contributed by atoms with Crippen molar-refractivity contribution in [3.63, 3.8) is 0 Å². The first kappa shape index (κ1) is 19.0. The fourth-order valence-corrected chi connectivity index (χ4v) is 3.51. The first-order valence-corrected chi connectivity index (χ1v) is 8.35. The van der Waals surface area contributed by atoms with Gasteiger partial charge in [-0.15, -0.1) is 24.0 Å². The summed E-state index contributed by atoms with van der Waals surface area (Å²) < 4.78 is 5.90. The van der Waals surface area contributed by atoms with Gasteiger partial charge in [0, 0.05) is 25.1 Å². The summed E-state index contributed by atoms with van der Waals surface area (Å²) in [5.41, 5.74) is 6.04. The summed E-state index contributed by atoms with van der Waals surface area (Å²) >= 11 is 0. The largest absolute Gasteiger partial charge is 0.378 e. The van der Waals surface area contributed by atoms with Crippen molar-refractivity contribution in [2.24, 2.45) is 22.6 Å². The standard InChI is InChI=1S/C16H31N3O.HI/c1-12(2)15-13(7-6-10-20-15)11-18-16(17)19-14-8-4-3-5-9-14;/h12-15H,3-11H2,1-2H3,(H3,17,18,19);1H. The molecule has 0 aromatic rings. The Bertz CT molecular complexity index is 317. The molecular weight excluding hydrogens is 377 g/mol. The van der Waals surface area contributed by atoms with Gasteiger partial charge in [0.15, 0.2) is 5.96 Å². The van der Waals surface area contributed by atoms with E-state index in [2.05, 4.69) is 24.2 Å². The summed E-state index contributed by atoms with van der Waals surface area (Å²) in [6, 6.07) is 0.538. The lowest BCUT2D eigenvalue weighted by atomic mass is 9.87. The molecule has 0 aromatic heterocycles. The zero-order valence-electron chi connectivity index (χ0n) is 13.5. The lowest BCUT2D eigenvalue weighted by molar-refractivity contribution is -0.0491. The lowest BCUT2D eigenvalue weighted by Crippen LogP contribution is -2.42. The number of hydrogen-bond donors (Lipinski definition) is 2. The van der Waals surface area contributed by atoms with Crippen molar-refractivity contribution in [3.8, 4) is 0 Å². The normalized spacial score (nSPS) is 28.2. The maximum absolute atomic E-state index is 6.04. The average molecular weight is 409 g/mol.